The predicted octanol–water partition coefficient (Wildman–Crippen LogP) is 5.65. The molecule has 4 heteroatoms. The molecule has 0 radical (unpaired) electrons. The molecule has 1 rings (SSSR count). The van der Waals surface area contributed by atoms with Gasteiger partial charge in [-0.1, -0.05) is 44.4 Å². The van der Waals surface area contributed by atoms with Gasteiger partial charge in [0.2, 0.25) is 0 Å². The zero-order valence-electron chi connectivity index (χ0n) is 14.4. The number of rotatable bonds is 13. The van der Waals surface area contributed by atoms with Gasteiger partial charge in [0.15, 0.2) is 0 Å². The molecule has 0 spiro atoms. The number of hydrogen-bond donors (Lipinski definition) is 1. The number of allylic oxidation sites excluding steroid dienone is 3. The molecular formula is C19H32O2S2. The predicted molar refractivity (Wildman–Crippen MR) is 106 cm³/mol. The van der Waals surface area contributed by atoms with Crippen LogP contribution in [0.3, 0.4) is 0 Å². The Morgan fingerprint density at radius 1 is 1.13 bits per heavy atom. The maximum absolute atomic E-state index is 10.4. The molecule has 0 aromatic rings. The van der Waals surface area contributed by atoms with Crippen LogP contribution in [0.25, 0.3) is 0 Å². The van der Waals surface area contributed by atoms with Crippen LogP contribution in [0.4, 0.5) is 0 Å². The summed E-state index contributed by atoms with van der Waals surface area (Å²) in [6.45, 7) is 2.27. The van der Waals surface area contributed by atoms with Crippen molar-refractivity contribution in [1.29, 1.82) is 0 Å². The summed E-state index contributed by atoms with van der Waals surface area (Å²) in [5.74, 6) is 6.11. The van der Waals surface area contributed by atoms with E-state index in [2.05, 4.69) is 42.6 Å². The molecule has 1 aliphatic heterocycles. The summed E-state index contributed by atoms with van der Waals surface area (Å²) >= 11 is 4.24. The molecule has 0 amide bonds. The second-order valence-corrected chi connectivity index (χ2v) is 8.50. The topological polar surface area (TPSA) is 37.3 Å². The highest BCUT2D eigenvalue weighted by molar-refractivity contribution is 7.99. The Hall–Kier alpha value is -0.350. The molecule has 1 heterocycles. The van der Waals surface area contributed by atoms with Crippen molar-refractivity contribution in [2.75, 3.05) is 23.0 Å². The summed E-state index contributed by atoms with van der Waals surface area (Å²) in [5, 5.41) is 8.52. The van der Waals surface area contributed by atoms with Gasteiger partial charge in [0.1, 0.15) is 0 Å². The Bertz CT molecular complexity index is 366. The van der Waals surface area contributed by atoms with Crippen LogP contribution >= 0.6 is 23.5 Å². The lowest BCUT2D eigenvalue weighted by atomic mass is 9.90. The normalized spacial score (nSPS) is 21.6. The fourth-order valence-electron chi connectivity index (χ4n) is 2.80. The molecule has 23 heavy (non-hydrogen) atoms. The molecular weight excluding hydrogens is 324 g/mol. The number of thioether (sulfide) groups is 2. The minimum atomic E-state index is -0.863. The lowest BCUT2D eigenvalue weighted by Gasteiger charge is -2.16. The van der Waals surface area contributed by atoms with E-state index in [9.17, 15) is 4.79 Å². The van der Waals surface area contributed by atoms with Gasteiger partial charge in [0, 0.05) is 6.08 Å². The van der Waals surface area contributed by atoms with E-state index in [0.717, 1.165) is 24.7 Å². The van der Waals surface area contributed by atoms with E-state index in [0.29, 0.717) is 0 Å². The van der Waals surface area contributed by atoms with Crippen LogP contribution in [-0.2, 0) is 4.79 Å². The van der Waals surface area contributed by atoms with Crippen LogP contribution in [0, 0.1) is 11.8 Å². The lowest BCUT2D eigenvalue weighted by molar-refractivity contribution is -0.131. The molecule has 0 bridgehead atoms. The van der Waals surface area contributed by atoms with Crippen LogP contribution in [0.2, 0.25) is 0 Å². The van der Waals surface area contributed by atoms with E-state index in [1.807, 2.05) is 0 Å². The van der Waals surface area contributed by atoms with Gasteiger partial charge in [0.05, 0.1) is 0 Å². The van der Waals surface area contributed by atoms with Gasteiger partial charge in [-0.05, 0) is 60.5 Å². The van der Waals surface area contributed by atoms with Gasteiger partial charge in [-0.25, -0.2) is 4.79 Å². The van der Waals surface area contributed by atoms with E-state index in [4.69, 9.17) is 5.11 Å². The largest absolute Gasteiger partial charge is 0.478 e. The van der Waals surface area contributed by atoms with Gasteiger partial charge in [-0.2, -0.15) is 23.5 Å². The maximum Gasteiger partial charge on any atom is 0.327 e. The van der Waals surface area contributed by atoms with Crippen molar-refractivity contribution < 1.29 is 9.90 Å². The maximum atomic E-state index is 10.4. The monoisotopic (exact) mass is 356 g/mol. The highest BCUT2D eigenvalue weighted by atomic mass is 32.2. The molecule has 0 saturated carbocycles. The summed E-state index contributed by atoms with van der Waals surface area (Å²) in [5.41, 5.74) is 0. The SMILES string of the molecule is CCCCCCSCC[C@@H]1CSC[C@@H]1CC=CCC=CC(=O)O. The van der Waals surface area contributed by atoms with Crippen LogP contribution in [0.15, 0.2) is 24.3 Å². The fourth-order valence-corrected chi connectivity index (χ4v) is 5.48. The number of hydrogen-bond acceptors (Lipinski definition) is 3. The van der Waals surface area contributed by atoms with Crippen LogP contribution in [0.1, 0.15) is 51.9 Å². The quantitative estimate of drug-likeness (QED) is 0.263. The first-order valence-corrected chi connectivity index (χ1v) is 11.2. The Labute approximate surface area is 150 Å². The third-order valence-corrected chi connectivity index (χ3v) is 6.67. The zero-order valence-corrected chi connectivity index (χ0v) is 16.0. The minimum Gasteiger partial charge on any atom is -0.478 e. The fraction of sp³-hybridized carbons (Fsp3) is 0.737. The van der Waals surface area contributed by atoms with Gasteiger partial charge in [-0.3, -0.25) is 0 Å². The van der Waals surface area contributed by atoms with Crippen LogP contribution in [-0.4, -0.2) is 34.1 Å². The molecule has 1 aliphatic rings. The van der Waals surface area contributed by atoms with Gasteiger partial charge in [0.25, 0.3) is 0 Å². The Morgan fingerprint density at radius 2 is 1.96 bits per heavy atom. The number of carboxylic acids is 1. The standard InChI is InChI=1S/C19H32O2S2/c1-2-3-4-9-13-22-14-12-18-16-23-15-17(18)10-7-5-6-8-11-19(20)21/h5,7-8,11,17-18H,2-4,6,9-10,12-16H2,1H3,(H,20,21)/t17-,18+/m0/s1. The Balaban J connectivity index is 2.09. The third-order valence-electron chi connectivity index (χ3n) is 4.24. The average molecular weight is 357 g/mol. The molecule has 0 unspecified atom stereocenters. The smallest absolute Gasteiger partial charge is 0.327 e. The zero-order chi connectivity index (χ0) is 16.8. The second kappa shape index (κ2) is 14.0. The highest BCUT2D eigenvalue weighted by Crippen LogP contribution is 2.35. The van der Waals surface area contributed by atoms with E-state index >= 15 is 0 Å². The number of aliphatic carboxylic acids is 1. The summed E-state index contributed by atoms with van der Waals surface area (Å²) in [6, 6.07) is 0. The summed E-state index contributed by atoms with van der Waals surface area (Å²) in [7, 11) is 0. The molecule has 2 atom stereocenters. The third kappa shape index (κ3) is 10.9. The molecule has 0 aromatic carbocycles. The van der Waals surface area contributed by atoms with Crippen LogP contribution in [0.5, 0.6) is 0 Å². The molecule has 1 saturated heterocycles. The van der Waals surface area contributed by atoms with Crippen molar-refractivity contribution in [3.05, 3.63) is 24.3 Å². The first-order chi connectivity index (χ1) is 11.2. The first-order valence-electron chi connectivity index (χ1n) is 8.94. The van der Waals surface area contributed by atoms with Crippen molar-refractivity contribution >= 4 is 29.5 Å². The molecule has 1 N–H and O–H groups in total. The van der Waals surface area contributed by atoms with E-state index < -0.39 is 5.97 Å². The molecule has 0 aromatic heterocycles. The molecule has 2 nitrogen and oxygen atoms in total. The number of carboxylic acid groups (broad SMARTS) is 1. The lowest BCUT2D eigenvalue weighted by Crippen LogP contribution is -2.12. The summed E-state index contributed by atoms with van der Waals surface area (Å²) in [6.07, 6.45) is 16.0. The summed E-state index contributed by atoms with van der Waals surface area (Å²) in [4.78, 5) is 10.4. The van der Waals surface area contributed by atoms with Gasteiger partial charge in [-0.15, -0.1) is 0 Å². The van der Waals surface area contributed by atoms with Crippen molar-refractivity contribution in [3.8, 4) is 0 Å². The van der Waals surface area contributed by atoms with Crippen molar-refractivity contribution in [1.82, 2.24) is 0 Å². The highest BCUT2D eigenvalue weighted by Gasteiger charge is 2.26. The summed E-state index contributed by atoms with van der Waals surface area (Å²) < 4.78 is 0. The Morgan fingerprint density at radius 3 is 2.74 bits per heavy atom. The molecule has 132 valence electrons. The van der Waals surface area contributed by atoms with E-state index in [1.165, 1.54) is 61.2 Å². The van der Waals surface area contributed by atoms with Gasteiger partial charge < -0.3 is 5.11 Å². The number of unbranched alkanes of at least 4 members (excludes halogenated alkanes) is 3. The first kappa shape index (κ1) is 20.7. The van der Waals surface area contributed by atoms with Crippen LogP contribution < -0.4 is 0 Å². The van der Waals surface area contributed by atoms with E-state index in [1.54, 1.807) is 6.08 Å². The Kier molecular flexibility index (Phi) is 12.6. The average Bonchev–Trinajstić information content (AvgIpc) is 2.97. The van der Waals surface area contributed by atoms with Crippen molar-refractivity contribution in [3.63, 3.8) is 0 Å². The number of carbonyl (C=O) groups is 1. The van der Waals surface area contributed by atoms with Gasteiger partial charge >= 0.3 is 5.97 Å². The van der Waals surface area contributed by atoms with Crippen molar-refractivity contribution in [2.24, 2.45) is 11.8 Å². The second-order valence-electron chi connectivity index (χ2n) is 6.20. The van der Waals surface area contributed by atoms with E-state index in [-0.39, 0.29) is 0 Å². The molecule has 0 aliphatic carbocycles. The molecule has 1 fully saturated rings. The van der Waals surface area contributed by atoms with Crippen molar-refractivity contribution in [2.45, 2.75) is 51.9 Å². The minimum absolute atomic E-state index is 0.727.